The molecule has 8 nitrogen and oxygen atoms in total. The Labute approximate surface area is 158 Å². The highest BCUT2D eigenvalue weighted by Gasteiger charge is 2.57. The number of nitrogens with zero attached hydrogens (tertiary/aromatic N) is 2. The third kappa shape index (κ3) is 2.87. The molecule has 2 saturated carbocycles. The lowest BCUT2D eigenvalue weighted by Crippen LogP contribution is -2.51. The van der Waals surface area contributed by atoms with Gasteiger partial charge in [-0.2, -0.15) is 4.31 Å². The molecule has 2 unspecified atom stereocenters. The summed E-state index contributed by atoms with van der Waals surface area (Å²) in [6, 6.07) is 0. The molecular weight excluding hydrogens is 372 g/mol. The first-order valence-electron chi connectivity index (χ1n) is 9.35. The molecule has 2 heterocycles. The molecule has 1 aromatic rings. The Morgan fingerprint density at radius 2 is 1.63 bits per heavy atom. The van der Waals surface area contributed by atoms with Gasteiger partial charge in [-0.3, -0.25) is 4.79 Å². The zero-order valence-electron chi connectivity index (χ0n) is 15.5. The van der Waals surface area contributed by atoms with Crippen molar-refractivity contribution in [1.29, 1.82) is 0 Å². The number of carboxylic acids is 1. The molecule has 1 saturated heterocycles. The molecule has 2 aliphatic carbocycles. The van der Waals surface area contributed by atoms with E-state index in [1.165, 1.54) is 24.6 Å². The Hall–Kier alpha value is -1.87. The van der Waals surface area contributed by atoms with Crippen molar-refractivity contribution in [3.8, 4) is 0 Å². The van der Waals surface area contributed by atoms with Gasteiger partial charge in [0.05, 0.1) is 0 Å². The van der Waals surface area contributed by atoms with Crippen molar-refractivity contribution in [3.05, 3.63) is 17.1 Å². The maximum atomic E-state index is 13.0. The van der Waals surface area contributed by atoms with Crippen LogP contribution in [0.15, 0.2) is 9.31 Å². The summed E-state index contributed by atoms with van der Waals surface area (Å²) in [6.07, 6.45) is 3.47. The van der Waals surface area contributed by atoms with Gasteiger partial charge in [0.25, 0.3) is 0 Å². The minimum atomic E-state index is -4.00. The van der Waals surface area contributed by atoms with E-state index in [9.17, 15) is 23.1 Å². The second-order valence-electron chi connectivity index (χ2n) is 7.74. The Bertz CT molecular complexity index is 887. The Morgan fingerprint density at radius 3 is 2.19 bits per heavy atom. The molecule has 1 aliphatic heterocycles. The average molecular weight is 396 g/mol. The number of hydrogen-bond donors (Lipinski definition) is 1. The van der Waals surface area contributed by atoms with Crippen LogP contribution in [0.1, 0.15) is 41.1 Å². The van der Waals surface area contributed by atoms with Crippen LogP contribution in [0.3, 0.4) is 0 Å². The normalized spacial score (nSPS) is 28.2. The van der Waals surface area contributed by atoms with E-state index in [1.54, 1.807) is 4.90 Å². The minimum absolute atomic E-state index is 0.0765. The number of furan rings is 1. The van der Waals surface area contributed by atoms with Gasteiger partial charge in [-0.1, -0.05) is 6.42 Å². The molecule has 0 radical (unpaired) electrons. The van der Waals surface area contributed by atoms with Crippen molar-refractivity contribution in [2.24, 2.45) is 17.8 Å². The number of carbonyl (C=O) groups is 2. The Balaban J connectivity index is 1.48. The summed E-state index contributed by atoms with van der Waals surface area (Å²) in [5.74, 6) is 0.198. The predicted molar refractivity (Wildman–Crippen MR) is 94.8 cm³/mol. The molecule has 4 rings (SSSR count). The number of rotatable bonds is 4. The molecule has 27 heavy (non-hydrogen) atoms. The maximum absolute atomic E-state index is 13.0. The first-order valence-corrected chi connectivity index (χ1v) is 10.8. The summed E-state index contributed by atoms with van der Waals surface area (Å²) >= 11 is 0. The second-order valence-corrected chi connectivity index (χ2v) is 9.61. The van der Waals surface area contributed by atoms with Crippen LogP contribution in [-0.2, 0) is 14.8 Å². The Kier molecular flexibility index (Phi) is 4.34. The highest BCUT2D eigenvalue weighted by atomic mass is 32.2. The van der Waals surface area contributed by atoms with Crippen LogP contribution in [0, 0.1) is 31.6 Å². The molecule has 0 bridgehead atoms. The number of hydrogen-bond acceptors (Lipinski definition) is 5. The van der Waals surface area contributed by atoms with Gasteiger partial charge in [-0.05, 0) is 38.5 Å². The molecule has 3 fully saturated rings. The van der Waals surface area contributed by atoms with Crippen LogP contribution in [0.25, 0.3) is 0 Å². The number of carbonyl (C=O) groups excluding carboxylic acids is 1. The van der Waals surface area contributed by atoms with Crippen molar-refractivity contribution in [3.63, 3.8) is 0 Å². The summed E-state index contributed by atoms with van der Waals surface area (Å²) in [7, 11) is -4.00. The Morgan fingerprint density at radius 1 is 1.04 bits per heavy atom. The van der Waals surface area contributed by atoms with Crippen molar-refractivity contribution in [2.75, 3.05) is 26.2 Å². The van der Waals surface area contributed by atoms with Crippen molar-refractivity contribution in [2.45, 2.75) is 38.0 Å². The molecular formula is C18H24N2O6S. The van der Waals surface area contributed by atoms with Gasteiger partial charge in [0.1, 0.15) is 22.0 Å². The number of aromatic carboxylic acids is 1. The third-order valence-electron chi connectivity index (χ3n) is 6.26. The fourth-order valence-electron chi connectivity index (χ4n) is 4.90. The number of fused-ring (bicyclic) bond motifs is 1. The molecule has 0 spiro atoms. The molecule has 2 atom stereocenters. The van der Waals surface area contributed by atoms with Gasteiger partial charge >= 0.3 is 5.97 Å². The van der Waals surface area contributed by atoms with Crippen LogP contribution in [0.2, 0.25) is 0 Å². The zero-order chi connectivity index (χ0) is 19.5. The molecule has 9 heteroatoms. The lowest BCUT2D eigenvalue weighted by Gasteiger charge is -2.34. The van der Waals surface area contributed by atoms with E-state index in [-0.39, 0.29) is 46.9 Å². The van der Waals surface area contributed by atoms with Gasteiger partial charge in [-0.25, -0.2) is 13.2 Å². The van der Waals surface area contributed by atoms with E-state index >= 15 is 0 Å². The monoisotopic (exact) mass is 396 g/mol. The van der Waals surface area contributed by atoms with Gasteiger partial charge in [0.2, 0.25) is 15.9 Å². The fraction of sp³-hybridized carbons (Fsp3) is 0.667. The molecule has 0 aromatic carbocycles. The number of piperazine rings is 1. The molecule has 148 valence electrons. The smallest absolute Gasteiger partial charge is 0.340 e. The molecule has 1 N–H and O–H groups in total. The van der Waals surface area contributed by atoms with E-state index in [4.69, 9.17) is 4.42 Å². The van der Waals surface area contributed by atoms with Crippen LogP contribution >= 0.6 is 0 Å². The fourth-order valence-corrected chi connectivity index (χ4v) is 6.69. The van der Waals surface area contributed by atoms with Gasteiger partial charge in [0.15, 0.2) is 0 Å². The number of carboxylic acid groups (broad SMARTS) is 1. The number of sulfonamides is 1. The van der Waals surface area contributed by atoms with Gasteiger partial charge < -0.3 is 14.4 Å². The molecule has 1 aromatic heterocycles. The highest BCUT2D eigenvalue weighted by Crippen LogP contribution is 2.58. The van der Waals surface area contributed by atoms with E-state index < -0.39 is 16.0 Å². The third-order valence-corrected chi connectivity index (χ3v) is 8.31. The summed E-state index contributed by atoms with van der Waals surface area (Å²) in [5.41, 5.74) is -0.309. The van der Waals surface area contributed by atoms with Crippen molar-refractivity contribution >= 4 is 21.9 Å². The summed E-state index contributed by atoms with van der Waals surface area (Å²) < 4.78 is 32.6. The van der Waals surface area contributed by atoms with E-state index in [0.29, 0.717) is 24.9 Å². The zero-order valence-corrected chi connectivity index (χ0v) is 16.3. The standard InChI is InChI=1S/C18H24N2O6S/c1-10-14(18(22)23)16(11(2)26-10)27(24,25)20-8-6-19(7-9-20)17(21)15-12-4-3-5-13(12)15/h12-13,15H,3-9H2,1-2H3,(H,22,23). The van der Waals surface area contributed by atoms with Crippen LogP contribution < -0.4 is 0 Å². The first-order chi connectivity index (χ1) is 12.7. The van der Waals surface area contributed by atoms with Crippen LogP contribution in [-0.4, -0.2) is 60.8 Å². The summed E-state index contributed by atoms with van der Waals surface area (Å²) in [5, 5.41) is 9.39. The second kappa shape index (κ2) is 6.34. The van der Waals surface area contributed by atoms with Crippen molar-refractivity contribution < 1.29 is 27.5 Å². The largest absolute Gasteiger partial charge is 0.478 e. The van der Waals surface area contributed by atoms with E-state index in [1.807, 2.05) is 0 Å². The number of aryl methyl sites for hydroxylation is 2. The number of amides is 1. The average Bonchev–Trinajstić information content (AvgIpc) is 2.94. The highest BCUT2D eigenvalue weighted by molar-refractivity contribution is 7.89. The quantitative estimate of drug-likeness (QED) is 0.826. The summed E-state index contributed by atoms with van der Waals surface area (Å²) in [4.78, 5) is 25.7. The first kappa shape index (κ1) is 18.5. The van der Waals surface area contributed by atoms with Gasteiger partial charge in [0, 0.05) is 32.1 Å². The predicted octanol–water partition coefficient (Wildman–Crippen LogP) is 1.47. The lowest BCUT2D eigenvalue weighted by molar-refractivity contribution is -0.134. The molecule has 1 amide bonds. The summed E-state index contributed by atoms with van der Waals surface area (Å²) in [6.45, 7) is 3.91. The van der Waals surface area contributed by atoms with Gasteiger partial charge in [-0.15, -0.1) is 0 Å². The lowest BCUT2D eigenvalue weighted by atomic mass is 10.1. The minimum Gasteiger partial charge on any atom is -0.478 e. The van der Waals surface area contributed by atoms with E-state index in [2.05, 4.69) is 0 Å². The van der Waals surface area contributed by atoms with E-state index in [0.717, 1.165) is 12.8 Å². The van der Waals surface area contributed by atoms with Crippen LogP contribution in [0.4, 0.5) is 0 Å². The molecule has 3 aliphatic rings. The van der Waals surface area contributed by atoms with Crippen LogP contribution in [0.5, 0.6) is 0 Å². The van der Waals surface area contributed by atoms with Crippen molar-refractivity contribution in [1.82, 2.24) is 9.21 Å². The maximum Gasteiger partial charge on any atom is 0.340 e. The topological polar surface area (TPSA) is 108 Å². The SMILES string of the molecule is Cc1oc(C)c(S(=O)(=O)N2CCN(C(=O)C3C4CCCC43)CC2)c1C(=O)O.